The van der Waals surface area contributed by atoms with E-state index in [1.807, 2.05) is 30.3 Å². The van der Waals surface area contributed by atoms with Crippen LogP contribution in [0.1, 0.15) is 16.8 Å². The Kier molecular flexibility index (Phi) is 5.85. The highest BCUT2D eigenvalue weighted by molar-refractivity contribution is 5.95. The van der Waals surface area contributed by atoms with Crippen molar-refractivity contribution in [3.63, 3.8) is 0 Å². The molecule has 1 heterocycles. The van der Waals surface area contributed by atoms with Crippen LogP contribution in [0.2, 0.25) is 0 Å². The number of benzene rings is 2. The second-order valence-corrected chi connectivity index (χ2v) is 6.43. The Bertz CT molecular complexity index is 762. The van der Waals surface area contributed by atoms with Gasteiger partial charge in [0.1, 0.15) is 24.9 Å². The quantitative estimate of drug-likeness (QED) is 0.544. The van der Waals surface area contributed by atoms with Gasteiger partial charge in [-0.25, -0.2) is 4.79 Å². The molecule has 0 bridgehead atoms. The number of hydrogen-bond donors (Lipinski definition) is 4. The van der Waals surface area contributed by atoms with Crippen molar-refractivity contribution in [2.45, 2.75) is 36.9 Å². The predicted octanol–water partition coefficient (Wildman–Crippen LogP) is 0.229. The number of carbonyl (C=O) groups excluding carboxylic acids is 1. The molecule has 0 spiro atoms. The molecule has 26 heavy (non-hydrogen) atoms. The van der Waals surface area contributed by atoms with Gasteiger partial charge in [0, 0.05) is 6.42 Å². The summed E-state index contributed by atoms with van der Waals surface area (Å²) in [6, 6.07) is 12.8. The average molecular weight is 362 g/mol. The van der Waals surface area contributed by atoms with Gasteiger partial charge in [0.25, 0.3) is 0 Å². The molecule has 0 unspecified atom stereocenters. The fourth-order valence-electron chi connectivity index (χ4n) is 3.06. The molecule has 1 aliphatic rings. The molecule has 0 aromatic heterocycles. The Hall–Kier alpha value is -2.03. The number of rotatable bonds is 6. The average Bonchev–Trinajstić information content (AvgIpc) is 2.93. The van der Waals surface area contributed by atoms with Crippen LogP contribution in [0.3, 0.4) is 0 Å². The molecule has 0 saturated carbocycles. The lowest BCUT2D eigenvalue weighted by molar-refractivity contribution is -0.0495. The van der Waals surface area contributed by atoms with Gasteiger partial charge in [-0.2, -0.15) is 0 Å². The summed E-state index contributed by atoms with van der Waals surface area (Å²) in [5, 5.41) is 40.2. The summed E-state index contributed by atoms with van der Waals surface area (Å²) in [6.45, 7) is -0.695. The molecule has 2 aromatic carbocycles. The number of aliphatic hydroxyl groups is 4. The molecule has 3 rings (SSSR count). The molecule has 7 heteroatoms. The molecule has 5 atom stereocenters. The van der Waals surface area contributed by atoms with Crippen LogP contribution in [-0.4, -0.2) is 70.1 Å². The van der Waals surface area contributed by atoms with Gasteiger partial charge in [0.2, 0.25) is 0 Å². The van der Waals surface area contributed by atoms with E-state index < -0.39 is 43.1 Å². The third-order valence-corrected chi connectivity index (χ3v) is 4.54. The van der Waals surface area contributed by atoms with Gasteiger partial charge in [-0.3, -0.25) is 0 Å². The summed E-state index contributed by atoms with van der Waals surface area (Å²) < 4.78 is 10.7. The van der Waals surface area contributed by atoms with Crippen molar-refractivity contribution in [1.82, 2.24) is 0 Å². The van der Waals surface area contributed by atoms with Crippen LogP contribution in [0.15, 0.2) is 42.5 Å². The van der Waals surface area contributed by atoms with Crippen molar-refractivity contribution < 1.29 is 34.7 Å². The van der Waals surface area contributed by atoms with E-state index in [2.05, 4.69) is 0 Å². The van der Waals surface area contributed by atoms with Crippen molar-refractivity contribution >= 4 is 16.7 Å². The van der Waals surface area contributed by atoms with Gasteiger partial charge < -0.3 is 29.9 Å². The third kappa shape index (κ3) is 4.03. The third-order valence-electron chi connectivity index (χ3n) is 4.54. The zero-order chi connectivity index (χ0) is 18.7. The van der Waals surface area contributed by atoms with Gasteiger partial charge in [-0.1, -0.05) is 30.3 Å². The lowest BCUT2D eigenvalue weighted by Crippen LogP contribution is -2.36. The monoisotopic (exact) mass is 362 g/mol. The Balaban J connectivity index is 1.59. The number of ether oxygens (including phenoxy) is 2. The second kappa shape index (κ2) is 8.11. The summed E-state index contributed by atoms with van der Waals surface area (Å²) in [6.07, 6.45) is -5.28. The molecular weight excluding hydrogens is 340 g/mol. The minimum absolute atomic E-state index is 0.0240. The van der Waals surface area contributed by atoms with E-state index >= 15 is 0 Å². The highest BCUT2D eigenvalue weighted by Gasteiger charge is 2.43. The topological polar surface area (TPSA) is 116 Å². The molecule has 1 saturated heterocycles. The summed E-state index contributed by atoms with van der Waals surface area (Å²) in [7, 11) is 0. The molecule has 2 aromatic rings. The highest BCUT2D eigenvalue weighted by Crippen LogP contribution is 2.25. The van der Waals surface area contributed by atoms with Crippen LogP contribution in [0.4, 0.5) is 0 Å². The Morgan fingerprint density at radius 2 is 1.77 bits per heavy atom. The fourth-order valence-corrected chi connectivity index (χ4v) is 3.06. The summed E-state index contributed by atoms with van der Waals surface area (Å²) >= 11 is 0. The predicted molar refractivity (Wildman–Crippen MR) is 92.6 cm³/mol. The van der Waals surface area contributed by atoms with Crippen LogP contribution in [-0.2, 0) is 9.47 Å². The lowest BCUT2D eigenvalue weighted by atomic mass is 10.0. The van der Waals surface area contributed by atoms with Gasteiger partial charge in [-0.05, 0) is 22.9 Å². The molecule has 0 amide bonds. The minimum Gasteiger partial charge on any atom is -0.459 e. The van der Waals surface area contributed by atoms with Gasteiger partial charge in [0.15, 0.2) is 0 Å². The van der Waals surface area contributed by atoms with Gasteiger partial charge >= 0.3 is 5.97 Å². The molecule has 1 fully saturated rings. The van der Waals surface area contributed by atoms with Crippen LogP contribution in [0, 0.1) is 0 Å². The molecule has 4 N–H and O–H groups in total. The van der Waals surface area contributed by atoms with Crippen LogP contribution in [0.25, 0.3) is 10.8 Å². The highest BCUT2D eigenvalue weighted by atomic mass is 16.6. The Morgan fingerprint density at radius 1 is 1.08 bits per heavy atom. The van der Waals surface area contributed by atoms with Crippen LogP contribution >= 0.6 is 0 Å². The second-order valence-electron chi connectivity index (χ2n) is 6.43. The van der Waals surface area contributed by atoms with Crippen molar-refractivity contribution in [1.29, 1.82) is 0 Å². The molecule has 0 radical (unpaired) electrons. The first-order valence-electron chi connectivity index (χ1n) is 8.46. The van der Waals surface area contributed by atoms with Gasteiger partial charge in [0.05, 0.1) is 24.4 Å². The van der Waals surface area contributed by atoms with E-state index in [4.69, 9.17) is 14.6 Å². The van der Waals surface area contributed by atoms with E-state index in [9.17, 15) is 20.1 Å². The number of carbonyl (C=O) groups is 1. The van der Waals surface area contributed by atoms with Crippen molar-refractivity contribution in [3.05, 3.63) is 48.0 Å². The molecule has 0 aliphatic carbocycles. The Labute approximate surface area is 150 Å². The minimum atomic E-state index is -1.24. The Morgan fingerprint density at radius 3 is 2.50 bits per heavy atom. The summed E-state index contributed by atoms with van der Waals surface area (Å²) in [5.41, 5.74) is 0.379. The number of fused-ring (bicyclic) bond motifs is 1. The number of esters is 1. The molecule has 140 valence electrons. The standard InChI is InChI=1S/C19H22O7/c20-9-14(21)8-15-17(22)18(23)16(26-15)10-25-19(24)13-6-5-11-3-1-2-4-12(11)7-13/h1-7,14-18,20-23H,8-10H2/t14-,15-,16-,17+,18+/m1/s1. The first-order chi connectivity index (χ1) is 12.5. The van der Waals surface area contributed by atoms with E-state index in [-0.39, 0.29) is 13.0 Å². The fraction of sp³-hybridized carbons (Fsp3) is 0.421. The summed E-state index contributed by atoms with van der Waals surface area (Å²) in [4.78, 5) is 12.2. The molecular formula is C19H22O7. The van der Waals surface area contributed by atoms with E-state index in [1.54, 1.807) is 12.1 Å². The normalized spacial score (nSPS) is 26.8. The van der Waals surface area contributed by atoms with Crippen molar-refractivity contribution in [3.8, 4) is 0 Å². The van der Waals surface area contributed by atoms with Gasteiger partial charge in [-0.15, -0.1) is 0 Å². The molecule has 7 nitrogen and oxygen atoms in total. The maximum atomic E-state index is 12.2. The van der Waals surface area contributed by atoms with Crippen LogP contribution in [0.5, 0.6) is 0 Å². The maximum Gasteiger partial charge on any atom is 0.338 e. The number of hydrogen-bond acceptors (Lipinski definition) is 7. The van der Waals surface area contributed by atoms with E-state index in [1.165, 1.54) is 0 Å². The van der Waals surface area contributed by atoms with E-state index in [0.717, 1.165) is 10.8 Å². The maximum absolute atomic E-state index is 12.2. The largest absolute Gasteiger partial charge is 0.459 e. The zero-order valence-electron chi connectivity index (χ0n) is 14.1. The first kappa shape index (κ1) is 18.8. The SMILES string of the molecule is O=C(OC[C@H]1O[C@H](C[C@@H](O)CO)[C@H](O)[C@H]1O)c1ccc2ccccc2c1. The van der Waals surface area contributed by atoms with Crippen molar-refractivity contribution in [2.75, 3.05) is 13.2 Å². The molecule has 1 aliphatic heterocycles. The number of aliphatic hydroxyl groups excluding tert-OH is 4. The first-order valence-corrected chi connectivity index (χ1v) is 8.46. The van der Waals surface area contributed by atoms with Crippen LogP contribution < -0.4 is 0 Å². The lowest BCUT2D eigenvalue weighted by Gasteiger charge is -2.17. The summed E-state index contributed by atoms with van der Waals surface area (Å²) in [5.74, 6) is -0.556. The van der Waals surface area contributed by atoms with E-state index in [0.29, 0.717) is 5.56 Å². The zero-order valence-corrected chi connectivity index (χ0v) is 14.1. The van der Waals surface area contributed by atoms with Crippen molar-refractivity contribution in [2.24, 2.45) is 0 Å². The smallest absolute Gasteiger partial charge is 0.338 e.